The molecule has 13 heteroatoms. The highest BCUT2D eigenvalue weighted by Gasteiger charge is 2.45. The molecule has 118 valence electrons. The Bertz CT molecular complexity index is 577. The molecular formula is C8H12FN4O7P. The molecule has 0 saturated carbocycles. The first kappa shape index (κ1) is 15.9. The molecule has 1 amide bonds. The van der Waals surface area contributed by atoms with Crippen molar-refractivity contribution in [2.24, 2.45) is 5.73 Å². The molecule has 0 radical (unpaired) electrons. The first-order valence-corrected chi connectivity index (χ1v) is 7.05. The number of hydrogen-bond acceptors (Lipinski definition) is 8. The third-order valence-corrected chi connectivity index (χ3v) is 3.19. The average molecular weight is 326 g/mol. The number of hydrogen-bond donors (Lipinski definition) is 4. The molecule has 5 atom stereocenters. The van der Waals surface area contributed by atoms with Crippen LogP contribution in [0, 0.1) is 0 Å². The normalized spacial score (nSPS) is 32.0. The smallest absolute Gasteiger partial charge is 0.387 e. The lowest BCUT2D eigenvalue weighted by molar-refractivity contribution is -0.0573. The zero-order chi connectivity index (χ0) is 15.8. The summed E-state index contributed by atoms with van der Waals surface area (Å²) >= 11 is 0. The Balaban J connectivity index is 2.08. The summed E-state index contributed by atoms with van der Waals surface area (Å²) in [5.74, 6) is -1.23. The summed E-state index contributed by atoms with van der Waals surface area (Å²) in [4.78, 5) is 22.8. The van der Waals surface area contributed by atoms with Gasteiger partial charge in [-0.1, -0.05) is 0 Å². The van der Waals surface area contributed by atoms with Crippen molar-refractivity contribution in [3.8, 4) is 0 Å². The number of carbonyl (C=O) groups excluding carboxylic acids is 1. The second kappa shape index (κ2) is 5.75. The van der Waals surface area contributed by atoms with Crippen molar-refractivity contribution < 1.29 is 37.9 Å². The summed E-state index contributed by atoms with van der Waals surface area (Å²) in [7, 11) is -5.23. The minimum absolute atomic E-state index is 0.330. The zero-order valence-corrected chi connectivity index (χ0v) is 11.2. The largest absolute Gasteiger partial charge is 0.510 e. The van der Waals surface area contributed by atoms with E-state index in [0.717, 1.165) is 11.0 Å². The highest BCUT2D eigenvalue weighted by atomic mass is 31.2. The maximum Gasteiger partial charge on any atom is 0.510 e. The van der Waals surface area contributed by atoms with Crippen LogP contribution in [-0.4, -0.2) is 60.7 Å². The molecule has 1 aromatic heterocycles. The predicted octanol–water partition coefficient (Wildman–Crippen LogP) is -1.92. The second-order valence-corrected chi connectivity index (χ2v) is 5.37. The van der Waals surface area contributed by atoms with Crippen LogP contribution in [0.2, 0.25) is 0 Å². The molecule has 1 saturated heterocycles. The fraction of sp³-hybridized carbons (Fsp3) is 0.625. The van der Waals surface area contributed by atoms with E-state index < -0.39 is 45.0 Å². The van der Waals surface area contributed by atoms with E-state index >= 15 is 0 Å². The Kier molecular flexibility index (Phi) is 4.37. The molecule has 2 heterocycles. The van der Waals surface area contributed by atoms with Crippen LogP contribution in [0.15, 0.2) is 6.33 Å². The Hall–Kier alpha value is -1.43. The maximum atomic E-state index is 12.4. The Morgan fingerprint density at radius 1 is 1.57 bits per heavy atom. The number of rotatable bonds is 5. The van der Waals surface area contributed by atoms with Gasteiger partial charge >= 0.3 is 7.91 Å². The first-order valence-electron chi connectivity index (χ1n) is 5.58. The molecule has 1 fully saturated rings. The molecule has 5 N–H and O–H groups in total. The molecule has 1 aromatic rings. The van der Waals surface area contributed by atoms with E-state index in [1.54, 1.807) is 0 Å². The van der Waals surface area contributed by atoms with E-state index in [1.807, 2.05) is 0 Å². The molecule has 0 aromatic carbocycles. The number of aromatic nitrogens is 3. The van der Waals surface area contributed by atoms with E-state index in [4.69, 9.17) is 15.4 Å². The lowest BCUT2D eigenvalue weighted by atomic mass is 10.1. The lowest BCUT2D eigenvalue weighted by Crippen LogP contribution is -2.33. The summed E-state index contributed by atoms with van der Waals surface area (Å²) in [5, 5.41) is 23.1. The van der Waals surface area contributed by atoms with Gasteiger partial charge in [-0.05, 0) is 0 Å². The van der Waals surface area contributed by atoms with Crippen LogP contribution in [0.1, 0.15) is 16.8 Å². The maximum absolute atomic E-state index is 12.4. The van der Waals surface area contributed by atoms with Crippen LogP contribution < -0.4 is 5.73 Å². The monoisotopic (exact) mass is 326 g/mol. The Labute approximate surface area is 116 Å². The summed E-state index contributed by atoms with van der Waals surface area (Å²) < 4.78 is 32.8. The highest BCUT2D eigenvalue weighted by Crippen LogP contribution is 2.44. The number of amides is 1. The Morgan fingerprint density at radius 3 is 2.76 bits per heavy atom. The van der Waals surface area contributed by atoms with Crippen LogP contribution in [0.4, 0.5) is 4.20 Å². The van der Waals surface area contributed by atoms with Gasteiger partial charge in [0.15, 0.2) is 6.23 Å². The van der Waals surface area contributed by atoms with Gasteiger partial charge in [0.1, 0.15) is 24.6 Å². The van der Waals surface area contributed by atoms with Gasteiger partial charge in [-0.15, -0.1) is 9.30 Å². The van der Waals surface area contributed by atoms with Gasteiger partial charge < -0.3 is 20.7 Å². The number of nitrogens with two attached hydrogens (primary N) is 1. The molecule has 0 aliphatic carbocycles. The van der Waals surface area contributed by atoms with Crippen LogP contribution in [0.3, 0.4) is 0 Å². The molecule has 21 heavy (non-hydrogen) atoms. The third kappa shape index (κ3) is 3.61. The minimum Gasteiger partial charge on any atom is -0.387 e. The number of aliphatic hydroxyl groups excluding tert-OH is 2. The zero-order valence-electron chi connectivity index (χ0n) is 10.3. The van der Waals surface area contributed by atoms with Crippen molar-refractivity contribution in [1.82, 2.24) is 14.8 Å². The van der Waals surface area contributed by atoms with Gasteiger partial charge in [0.2, 0.25) is 5.82 Å². The predicted molar refractivity (Wildman–Crippen MR) is 61.3 cm³/mol. The van der Waals surface area contributed by atoms with Crippen molar-refractivity contribution in [2.75, 3.05) is 6.61 Å². The van der Waals surface area contributed by atoms with E-state index in [0.29, 0.717) is 0 Å². The standard InChI is InChI=1S/C8H12FN4O7P/c9-21(17,18)19-1-3-4(14)5(15)8(20-3)13-2-11-7(12-13)6(10)16/h2-5,8,14-15H,1H2,(H2,10,16)(H,17,18)/t3-,4-,5-,8-/m1/s1. The van der Waals surface area contributed by atoms with Gasteiger partial charge in [0.25, 0.3) is 5.91 Å². The van der Waals surface area contributed by atoms with E-state index in [-0.39, 0.29) is 5.82 Å². The summed E-state index contributed by atoms with van der Waals surface area (Å²) in [6.07, 6.45) is -4.51. The molecule has 0 spiro atoms. The van der Waals surface area contributed by atoms with Gasteiger partial charge in [-0.25, -0.2) is 14.2 Å². The average Bonchev–Trinajstić information content (AvgIpc) is 2.94. The summed E-state index contributed by atoms with van der Waals surface area (Å²) in [6.45, 7) is -0.767. The van der Waals surface area contributed by atoms with Crippen LogP contribution in [-0.2, 0) is 13.8 Å². The Morgan fingerprint density at radius 2 is 2.24 bits per heavy atom. The number of nitrogens with zero attached hydrogens (tertiary/aromatic N) is 3. The number of aliphatic hydroxyl groups is 2. The topological polar surface area (TPSA) is 170 Å². The van der Waals surface area contributed by atoms with Crippen LogP contribution in [0.5, 0.6) is 0 Å². The van der Waals surface area contributed by atoms with Crippen molar-refractivity contribution in [2.45, 2.75) is 24.5 Å². The van der Waals surface area contributed by atoms with Gasteiger partial charge in [0, 0.05) is 0 Å². The molecule has 0 bridgehead atoms. The highest BCUT2D eigenvalue weighted by molar-refractivity contribution is 7.46. The molecule has 2 rings (SSSR count). The second-order valence-electron chi connectivity index (χ2n) is 4.21. The number of primary amides is 1. The number of carbonyl (C=O) groups is 1. The molecule has 11 nitrogen and oxygen atoms in total. The van der Waals surface area contributed by atoms with Gasteiger partial charge in [-0.3, -0.25) is 14.2 Å². The van der Waals surface area contributed by atoms with E-state index in [9.17, 15) is 23.8 Å². The van der Waals surface area contributed by atoms with E-state index in [2.05, 4.69) is 14.6 Å². The van der Waals surface area contributed by atoms with E-state index in [1.165, 1.54) is 0 Å². The van der Waals surface area contributed by atoms with Gasteiger partial charge in [-0.2, -0.15) is 0 Å². The summed E-state index contributed by atoms with van der Waals surface area (Å²) in [5.41, 5.74) is 4.96. The number of halogens is 1. The molecule has 1 unspecified atom stereocenters. The molecule has 1 aliphatic rings. The SMILES string of the molecule is NC(=O)c1ncn([C@@H]2O[C@H](COP(=O)(O)F)[C@@H](O)[C@H]2O)n1. The van der Waals surface area contributed by atoms with Crippen molar-refractivity contribution in [1.29, 1.82) is 0 Å². The number of ether oxygens (including phenoxy) is 1. The van der Waals surface area contributed by atoms with Crippen LogP contribution >= 0.6 is 7.91 Å². The fourth-order valence-corrected chi connectivity index (χ4v) is 2.09. The fourth-order valence-electron chi connectivity index (χ4n) is 1.76. The summed E-state index contributed by atoms with van der Waals surface area (Å²) in [6, 6.07) is 0. The van der Waals surface area contributed by atoms with Crippen molar-refractivity contribution >= 4 is 13.8 Å². The van der Waals surface area contributed by atoms with Crippen molar-refractivity contribution in [3.05, 3.63) is 12.2 Å². The molecular weight excluding hydrogens is 314 g/mol. The van der Waals surface area contributed by atoms with Crippen LogP contribution in [0.25, 0.3) is 0 Å². The lowest BCUT2D eigenvalue weighted by Gasteiger charge is -2.14. The van der Waals surface area contributed by atoms with Crippen molar-refractivity contribution in [3.63, 3.8) is 0 Å². The molecule has 1 aliphatic heterocycles. The van der Waals surface area contributed by atoms with Gasteiger partial charge in [0.05, 0.1) is 6.61 Å². The quantitative estimate of drug-likeness (QED) is 0.450. The third-order valence-electron chi connectivity index (χ3n) is 2.72. The first-order chi connectivity index (χ1) is 9.69. The minimum atomic E-state index is -5.23.